The molecule has 0 saturated carbocycles. The highest BCUT2D eigenvalue weighted by Crippen LogP contribution is 2.24. The third-order valence-corrected chi connectivity index (χ3v) is 3.41. The molecule has 1 heterocycles. The number of aryl methyl sites for hydroxylation is 2. The maximum absolute atomic E-state index is 8.60. The van der Waals surface area contributed by atoms with Gasteiger partial charge < -0.3 is 4.98 Å². The van der Waals surface area contributed by atoms with Crippen molar-refractivity contribution in [2.24, 2.45) is 0 Å². The summed E-state index contributed by atoms with van der Waals surface area (Å²) in [6, 6.07) is 15.0. The summed E-state index contributed by atoms with van der Waals surface area (Å²) in [7, 11) is 0. The van der Waals surface area contributed by atoms with Gasteiger partial charge in [0.1, 0.15) is 5.82 Å². The first-order valence-electron chi connectivity index (χ1n) is 6.68. The van der Waals surface area contributed by atoms with E-state index in [4.69, 9.17) is 5.26 Å². The quantitative estimate of drug-likeness (QED) is 0.774. The van der Waals surface area contributed by atoms with Crippen molar-refractivity contribution in [1.82, 2.24) is 9.97 Å². The van der Waals surface area contributed by atoms with Crippen molar-refractivity contribution >= 4 is 10.8 Å². The van der Waals surface area contributed by atoms with E-state index >= 15 is 0 Å². The van der Waals surface area contributed by atoms with Crippen molar-refractivity contribution in [1.29, 1.82) is 5.26 Å². The standard InChI is InChI=1S/C17H15N3/c1-12-4-5-14-10-15(7-6-13(14)9-12)16-11-19-17(20-16)3-2-8-18/h4-7,9-11H,2-3H2,1H3,(H,19,20). The Morgan fingerprint density at radius 3 is 2.80 bits per heavy atom. The van der Waals surface area contributed by atoms with Gasteiger partial charge in [0, 0.05) is 18.4 Å². The summed E-state index contributed by atoms with van der Waals surface area (Å²) in [5.41, 5.74) is 3.39. The molecule has 1 N–H and O–H groups in total. The minimum atomic E-state index is 0.490. The molecule has 0 bridgehead atoms. The van der Waals surface area contributed by atoms with Crippen LogP contribution in [0.15, 0.2) is 42.6 Å². The fraction of sp³-hybridized carbons (Fsp3) is 0.176. The summed E-state index contributed by atoms with van der Waals surface area (Å²) in [5.74, 6) is 0.866. The van der Waals surface area contributed by atoms with E-state index in [1.165, 1.54) is 16.3 Å². The highest BCUT2D eigenvalue weighted by atomic mass is 14.9. The van der Waals surface area contributed by atoms with Crippen molar-refractivity contribution in [3.63, 3.8) is 0 Å². The molecule has 0 amide bonds. The molecule has 3 nitrogen and oxygen atoms in total. The SMILES string of the molecule is Cc1ccc2cc(-c3cnc(CCC#N)[nH]3)ccc2c1. The average Bonchev–Trinajstić information content (AvgIpc) is 2.93. The molecule has 0 saturated heterocycles. The van der Waals surface area contributed by atoms with Gasteiger partial charge >= 0.3 is 0 Å². The van der Waals surface area contributed by atoms with Gasteiger partial charge in [-0.15, -0.1) is 0 Å². The molecule has 0 aliphatic heterocycles. The smallest absolute Gasteiger partial charge is 0.107 e. The number of fused-ring (bicyclic) bond motifs is 1. The monoisotopic (exact) mass is 261 g/mol. The number of benzene rings is 2. The van der Waals surface area contributed by atoms with E-state index in [0.717, 1.165) is 17.1 Å². The Kier molecular flexibility index (Phi) is 3.22. The molecule has 0 radical (unpaired) electrons. The van der Waals surface area contributed by atoms with E-state index in [2.05, 4.69) is 59.4 Å². The molecular formula is C17H15N3. The maximum Gasteiger partial charge on any atom is 0.107 e. The van der Waals surface area contributed by atoms with E-state index < -0.39 is 0 Å². The Morgan fingerprint density at radius 2 is 1.95 bits per heavy atom. The van der Waals surface area contributed by atoms with Gasteiger partial charge in [0.25, 0.3) is 0 Å². The van der Waals surface area contributed by atoms with Crippen molar-refractivity contribution in [3.05, 3.63) is 54.0 Å². The lowest BCUT2D eigenvalue weighted by Crippen LogP contribution is -1.86. The van der Waals surface area contributed by atoms with E-state index in [9.17, 15) is 0 Å². The van der Waals surface area contributed by atoms with Gasteiger partial charge in [0.15, 0.2) is 0 Å². The molecule has 0 unspecified atom stereocenters. The van der Waals surface area contributed by atoms with Crippen LogP contribution in [0.1, 0.15) is 17.8 Å². The van der Waals surface area contributed by atoms with Crippen LogP contribution in [0.25, 0.3) is 22.0 Å². The van der Waals surface area contributed by atoms with E-state index in [1.54, 1.807) is 0 Å². The van der Waals surface area contributed by atoms with Crippen LogP contribution in [-0.2, 0) is 6.42 Å². The number of nitriles is 1. The summed E-state index contributed by atoms with van der Waals surface area (Å²) in [6.45, 7) is 2.10. The van der Waals surface area contributed by atoms with E-state index in [-0.39, 0.29) is 0 Å². The summed E-state index contributed by atoms with van der Waals surface area (Å²) in [5, 5.41) is 11.1. The van der Waals surface area contributed by atoms with Gasteiger partial charge in [-0.2, -0.15) is 5.26 Å². The Labute approximate surface area is 117 Å². The number of aromatic nitrogens is 2. The zero-order chi connectivity index (χ0) is 13.9. The molecule has 3 aromatic rings. The number of hydrogen-bond acceptors (Lipinski definition) is 2. The van der Waals surface area contributed by atoms with Crippen LogP contribution < -0.4 is 0 Å². The topological polar surface area (TPSA) is 52.5 Å². The number of rotatable bonds is 3. The molecule has 98 valence electrons. The predicted octanol–water partition coefficient (Wildman–Crippen LogP) is 3.99. The average molecular weight is 261 g/mol. The first kappa shape index (κ1) is 12.4. The Balaban J connectivity index is 1.95. The van der Waals surface area contributed by atoms with Crippen LogP contribution in [0, 0.1) is 18.3 Å². The largest absolute Gasteiger partial charge is 0.342 e. The number of nitrogens with zero attached hydrogens (tertiary/aromatic N) is 2. The van der Waals surface area contributed by atoms with Crippen LogP contribution in [0.5, 0.6) is 0 Å². The van der Waals surface area contributed by atoms with Gasteiger partial charge in [0.05, 0.1) is 18.0 Å². The van der Waals surface area contributed by atoms with Crippen molar-refractivity contribution in [2.75, 3.05) is 0 Å². The zero-order valence-corrected chi connectivity index (χ0v) is 11.4. The molecule has 0 spiro atoms. The van der Waals surface area contributed by atoms with Crippen LogP contribution in [-0.4, -0.2) is 9.97 Å². The lowest BCUT2D eigenvalue weighted by atomic mass is 10.0. The maximum atomic E-state index is 8.60. The predicted molar refractivity (Wildman–Crippen MR) is 80.2 cm³/mol. The van der Waals surface area contributed by atoms with Crippen LogP contribution in [0.4, 0.5) is 0 Å². The van der Waals surface area contributed by atoms with Crippen LogP contribution in [0.3, 0.4) is 0 Å². The third-order valence-electron chi connectivity index (χ3n) is 3.41. The van der Waals surface area contributed by atoms with Crippen molar-refractivity contribution in [3.8, 4) is 17.3 Å². The molecule has 0 aliphatic rings. The van der Waals surface area contributed by atoms with Crippen LogP contribution >= 0.6 is 0 Å². The normalized spacial score (nSPS) is 10.6. The Bertz CT molecular complexity index is 793. The number of aromatic amines is 1. The van der Waals surface area contributed by atoms with E-state index in [1.807, 2.05) is 6.20 Å². The highest BCUT2D eigenvalue weighted by Gasteiger charge is 2.04. The molecule has 0 fully saturated rings. The first-order valence-corrected chi connectivity index (χ1v) is 6.68. The second-order valence-electron chi connectivity index (χ2n) is 4.97. The number of hydrogen-bond donors (Lipinski definition) is 1. The summed E-state index contributed by atoms with van der Waals surface area (Å²) in [6.07, 6.45) is 3.00. The Morgan fingerprint density at radius 1 is 1.15 bits per heavy atom. The minimum Gasteiger partial charge on any atom is -0.342 e. The van der Waals surface area contributed by atoms with E-state index in [0.29, 0.717) is 12.8 Å². The van der Waals surface area contributed by atoms with Crippen molar-refractivity contribution < 1.29 is 0 Å². The first-order chi connectivity index (χ1) is 9.76. The minimum absolute atomic E-state index is 0.490. The Hall–Kier alpha value is -2.60. The number of nitrogens with one attached hydrogen (secondary N) is 1. The van der Waals surface area contributed by atoms with Gasteiger partial charge in [0.2, 0.25) is 0 Å². The molecule has 2 aromatic carbocycles. The number of imidazole rings is 1. The second kappa shape index (κ2) is 5.18. The lowest BCUT2D eigenvalue weighted by molar-refractivity contribution is 0.918. The summed E-state index contributed by atoms with van der Waals surface area (Å²) < 4.78 is 0. The third kappa shape index (κ3) is 2.41. The van der Waals surface area contributed by atoms with Gasteiger partial charge in [-0.3, -0.25) is 0 Å². The van der Waals surface area contributed by atoms with Gasteiger partial charge in [-0.25, -0.2) is 4.98 Å². The molecule has 1 aromatic heterocycles. The summed E-state index contributed by atoms with van der Waals surface area (Å²) >= 11 is 0. The fourth-order valence-electron chi connectivity index (χ4n) is 2.34. The zero-order valence-electron chi connectivity index (χ0n) is 11.4. The molecule has 3 heteroatoms. The highest BCUT2D eigenvalue weighted by molar-refractivity contribution is 5.87. The van der Waals surface area contributed by atoms with Crippen molar-refractivity contribution in [2.45, 2.75) is 19.8 Å². The lowest BCUT2D eigenvalue weighted by Gasteiger charge is -2.03. The fourth-order valence-corrected chi connectivity index (χ4v) is 2.34. The second-order valence-corrected chi connectivity index (χ2v) is 4.97. The summed E-state index contributed by atoms with van der Waals surface area (Å²) in [4.78, 5) is 7.60. The number of H-pyrrole nitrogens is 1. The van der Waals surface area contributed by atoms with Gasteiger partial charge in [-0.1, -0.05) is 35.9 Å². The molecule has 20 heavy (non-hydrogen) atoms. The van der Waals surface area contributed by atoms with Gasteiger partial charge in [-0.05, 0) is 23.8 Å². The molecule has 3 rings (SSSR count). The molecule has 0 atom stereocenters. The molecular weight excluding hydrogens is 246 g/mol. The van der Waals surface area contributed by atoms with Crippen LogP contribution in [0.2, 0.25) is 0 Å². The molecule has 0 aliphatic carbocycles.